The number of anilines is 2. The van der Waals surface area contributed by atoms with Crippen LogP contribution in [0.4, 0.5) is 11.5 Å². The largest absolute Gasteiger partial charge is 0.490 e. The summed E-state index contributed by atoms with van der Waals surface area (Å²) in [5.41, 5.74) is 6.07. The summed E-state index contributed by atoms with van der Waals surface area (Å²) < 4.78 is 37.0. The van der Waals surface area contributed by atoms with Crippen molar-refractivity contribution in [1.29, 1.82) is 0 Å². The van der Waals surface area contributed by atoms with E-state index in [1.54, 1.807) is 53.8 Å². The molecule has 2 aromatic heterocycles. The minimum atomic E-state index is -3.84. The number of hydrogen-bond donors (Lipinski definition) is 3. The van der Waals surface area contributed by atoms with Crippen molar-refractivity contribution < 1.29 is 13.2 Å². The lowest BCUT2D eigenvalue weighted by Crippen LogP contribution is -2.38. The maximum Gasteiger partial charge on any atom is 0.344 e. The molecule has 30 heavy (non-hydrogen) atoms. The number of nitrogens with zero attached hydrogens (tertiary/aromatic N) is 5. The molecule has 0 fully saturated rings. The lowest BCUT2D eigenvalue weighted by atomic mass is 10.1. The summed E-state index contributed by atoms with van der Waals surface area (Å²) in [5.74, 6) is 1.41. The van der Waals surface area contributed by atoms with E-state index in [4.69, 9.17) is 10.5 Å². The van der Waals surface area contributed by atoms with Crippen LogP contribution in [0, 0.1) is 0 Å². The van der Waals surface area contributed by atoms with Crippen LogP contribution < -0.4 is 20.5 Å². The molecule has 1 aliphatic heterocycles. The fraction of sp³-hybridized carbons (Fsp3) is 0.222. The van der Waals surface area contributed by atoms with E-state index in [9.17, 15) is 8.42 Å². The van der Waals surface area contributed by atoms with Crippen LogP contribution >= 0.6 is 0 Å². The SMILES string of the molecule is CC(C)(COc1cccc2c1C(N)=NS(=O)(=O)N2)Nc1ccnc(-n2ccnc2)n1. The fourth-order valence-corrected chi connectivity index (χ4v) is 3.74. The fourth-order valence-electron chi connectivity index (χ4n) is 2.90. The Balaban J connectivity index is 1.50. The quantitative estimate of drug-likeness (QED) is 0.532. The van der Waals surface area contributed by atoms with Gasteiger partial charge in [-0.3, -0.25) is 9.29 Å². The van der Waals surface area contributed by atoms with Crippen molar-refractivity contribution in [2.75, 3.05) is 16.6 Å². The topological polar surface area (TPSA) is 149 Å². The predicted molar refractivity (Wildman–Crippen MR) is 112 cm³/mol. The van der Waals surface area contributed by atoms with Crippen LogP contribution in [0.5, 0.6) is 5.75 Å². The molecule has 11 nitrogen and oxygen atoms in total. The van der Waals surface area contributed by atoms with Crippen LogP contribution in [-0.2, 0) is 10.2 Å². The Kier molecular flexibility index (Phi) is 4.78. The molecule has 0 radical (unpaired) electrons. The molecule has 0 bridgehead atoms. The van der Waals surface area contributed by atoms with Crippen LogP contribution in [0.25, 0.3) is 5.95 Å². The molecule has 1 aromatic carbocycles. The number of hydrogen-bond acceptors (Lipinski definition) is 8. The van der Waals surface area contributed by atoms with Gasteiger partial charge in [0.25, 0.3) is 0 Å². The number of aromatic nitrogens is 4. The first kappa shape index (κ1) is 19.6. The third kappa shape index (κ3) is 4.17. The number of nitrogens with two attached hydrogens (primary N) is 1. The number of benzene rings is 1. The Bertz CT molecular complexity index is 1210. The monoisotopic (exact) mass is 428 g/mol. The van der Waals surface area contributed by atoms with E-state index in [1.807, 2.05) is 13.8 Å². The minimum absolute atomic E-state index is 0.120. The van der Waals surface area contributed by atoms with Gasteiger partial charge in [-0.25, -0.2) is 9.97 Å². The molecular formula is C18H20N8O3S. The van der Waals surface area contributed by atoms with Gasteiger partial charge in [0.05, 0.1) is 16.8 Å². The van der Waals surface area contributed by atoms with Gasteiger partial charge in [-0.2, -0.15) is 13.4 Å². The zero-order valence-corrected chi connectivity index (χ0v) is 17.1. The van der Waals surface area contributed by atoms with E-state index in [-0.39, 0.29) is 12.4 Å². The second-order valence-corrected chi connectivity index (χ2v) is 8.58. The Labute approximate surface area is 173 Å². The molecule has 0 amide bonds. The third-order valence-electron chi connectivity index (χ3n) is 4.17. The standard InChI is InChI=1S/C18H20N8O3S/c1-18(2,23-14-6-7-21-17(22-14)26-9-8-20-11-26)10-29-13-5-3-4-12-15(13)16(19)25-30(27,28)24-12/h3-9,11,24H,10H2,1-2H3,(H2,19,25)(H,21,22,23). The van der Waals surface area contributed by atoms with Gasteiger partial charge in [-0.1, -0.05) is 6.07 Å². The normalized spacial score (nSPS) is 14.9. The van der Waals surface area contributed by atoms with Crippen LogP contribution in [0.2, 0.25) is 0 Å². The molecule has 4 rings (SSSR count). The van der Waals surface area contributed by atoms with E-state index in [0.29, 0.717) is 28.8 Å². The van der Waals surface area contributed by atoms with Gasteiger partial charge in [0, 0.05) is 18.6 Å². The number of nitrogens with one attached hydrogen (secondary N) is 2. The van der Waals surface area contributed by atoms with Gasteiger partial charge in [0.1, 0.15) is 24.5 Å². The van der Waals surface area contributed by atoms with Crippen molar-refractivity contribution in [2.45, 2.75) is 19.4 Å². The number of rotatable bonds is 6. The van der Waals surface area contributed by atoms with Crippen molar-refractivity contribution in [3.8, 4) is 11.7 Å². The third-order valence-corrected chi connectivity index (χ3v) is 5.09. The molecule has 0 saturated carbocycles. The molecule has 0 aliphatic carbocycles. The molecule has 0 atom stereocenters. The van der Waals surface area contributed by atoms with Gasteiger partial charge in [-0.15, -0.1) is 4.40 Å². The summed E-state index contributed by atoms with van der Waals surface area (Å²) in [4.78, 5) is 12.7. The summed E-state index contributed by atoms with van der Waals surface area (Å²) in [6, 6.07) is 6.74. The highest BCUT2D eigenvalue weighted by Gasteiger charge is 2.26. The maximum atomic E-state index is 11.7. The lowest BCUT2D eigenvalue weighted by Gasteiger charge is -2.28. The zero-order chi connectivity index (χ0) is 21.4. The summed E-state index contributed by atoms with van der Waals surface area (Å²) in [6.07, 6.45) is 6.67. The highest BCUT2D eigenvalue weighted by Crippen LogP contribution is 2.31. The molecule has 156 valence electrons. The van der Waals surface area contributed by atoms with Crippen molar-refractivity contribution in [3.05, 3.63) is 54.7 Å². The molecule has 4 N–H and O–H groups in total. The second kappa shape index (κ2) is 7.30. The predicted octanol–water partition coefficient (Wildman–Crippen LogP) is 1.31. The minimum Gasteiger partial charge on any atom is -0.490 e. The summed E-state index contributed by atoms with van der Waals surface area (Å²) in [5, 5.41) is 3.31. The molecule has 3 aromatic rings. The lowest BCUT2D eigenvalue weighted by molar-refractivity contribution is 0.256. The molecule has 0 saturated heterocycles. The number of fused-ring (bicyclic) bond motifs is 1. The van der Waals surface area contributed by atoms with Crippen molar-refractivity contribution in [3.63, 3.8) is 0 Å². The van der Waals surface area contributed by atoms with Crippen molar-refractivity contribution in [1.82, 2.24) is 19.5 Å². The van der Waals surface area contributed by atoms with E-state index in [0.717, 1.165) is 0 Å². The summed E-state index contributed by atoms with van der Waals surface area (Å²) in [7, 11) is -3.84. The van der Waals surface area contributed by atoms with Crippen LogP contribution in [0.1, 0.15) is 19.4 Å². The Morgan fingerprint density at radius 1 is 1.27 bits per heavy atom. The van der Waals surface area contributed by atoms with E-state index in [1.165, 1.54) is 0 Å². The first-order valence-electron chi connectivity index (χ1n) is 8.96. The average molecular weight is 428 g/mol. The van der Waals surface area contributed by atoms with Gasteiger partial charge in [-0.05, 0) is 32.0 Å². The van der Waals surface area contributed by atoms with Crippen molar-refractivity contribution in [2.24, 2.45) is 10.1 Å². The molecule has 3 heterocycles. The average Bonchev–Trinajstić information content (AvgIpc) is 3.20. The second-order valence-electron chi connectivity index (χ2n) is 7.24. The van der Waals surface area contributed by atoms with E-state index >= 15 is 0 Å². The molecular weight excluding hydrogens is 408 g/mol. The van der Waals surface area contributed by atoms with Crippen LogP contribution in [0.15, 0.2) is 53.6 Å². The number of amidine groups is 1. The van der Waals surface area contributed by atoms with Gasteiger partial charge < -0.3 is 15.8 Å². The molecule has 0 spiro atoms. The molecule has 0 unspecified atom stereocenters. The first-order chi connectivity index (χ1) is 14.2. The van der Waals surface area contributed by atoms with Gasteiger partial charge in [0.15, 0.2) is 5.84 Å². The summed E-state index contributed by atoms with van der Waals surface area (Å²) in [6.45, 7) is 4.14. The Morgan fingerprint density at radius 3 is 2.87 bits per heavy atom. The molecule has 1 aliphatic rings. The Hall–Kier alpha value is -3.67. The Morgan fingerprint density at radius 2 is 2.10 bits per heavy atom. The smallest absolute Gasteiger partial charge is 0.344 e. The van der Waals surface area contributed by atoms with Gasteiger partial charge in [0.2, 0.25) is 5.95 Å². The van der Waals surface area contributed by atoms with E-state index < -0.39 is 15.7 Å². The highest BCUT2D eigenvalue weighted by atomic mass is 32.2. The van der Waals surface area contributed by atoms with Crippen LogP contribution in [0.3, 0.4) is 0 Å². The maximum absolute atomic E-state index is 11.7. The number of ether oxygens (including phenoxy) is 1. The highest BCUT2D eigenvalue weighted by molar-refractivity contribution is 7.91. The van der Waals surface area contributed by atoms with Gasteiger partial charge >= 0.3 is 10.2 Å². The summed E-state index contributed by atoms with van der Waals surface area (Å²) >= 11 is 0. The number of imidazole rings is 1. The van der Waals surface area contributed by atoms with Crippen molar-refractivity contribution >= 4 is 27.6 Å². The first-order valence-corrected chi connectivity index (χ1v) is 10.4. The van der Waals surface area contributed by atoms with E-state index in [2.05, 4.69) is 29.4 Å². The zero-order valence-electron chi connectivity index (χ0n) is 16.3. The van der Waals surface area contributed by atoms with Crippen LogP contribution in [-0.4, -0.2) is 45.9 Å². The molecule has 12 heteroatoms.